The van der Waals surface area contributed by atoms with Crippen LogP contribution in [0.5, 0.6) is 5.88 Å². The van der Waals surface area contributed by atoms with E-state index in [1.54, 1.807) is 12.4 Å². The number of fused-ring (bicyclic) bond motifs is 1. The Morgan fingerprint density at radius 2 is 2.06 bits per heavy atom. The fraction of sp³-hybridized carbons (Fsp3) is 0.0833. The first-order valence-corrected chi connectivity index (χ1v) is 6.14. The fourth-order valence-corrected chi connectivity index (χ4v) is 2.82. The summed E-state index contributed by atoms with van der Waals surface area (Å²) in [5, 5.41) is 15.9. The minimum atomic E-state index is -0.212. The third-order valence-electron chi connectivity index (χ3n) is 2.74. The number of aromatic hydroxyl groups is 1. The van der Waals surface area contributed by atoms with Gasteiger partial charge in [0, 0.05) is 30.4 Å². The molecule has 0 aliphatic rings. The fourth-order valence-electron chi connectivity index (χ4n) is 1.87. The highest BCUT2D eigenvalue weighted by atomic mass is 32.1. The Hall–Kier alpha value is -2.21. The Morgan fingerprint density at radius 3 is 2.78 bits per heavy atom. The maximum Gasteiger partial charge on any atom is 0.276 e. The molecular formula is C12H9N3O2S. The zero-order valence-electron chi connectivity index (χ0n) is 9.49. The van der Waals surface area contributed by atoms with E-state index in [2.05, 4.69) is 10.1 Å². The molecule has 0 spiro atoms. The SMILES string of the molecule is Cn1nc(O)c2scc(-c3ccncc3)c2c1=O. The Kier molecular flexibility index (Phi) is 2.38. The van der Waals surface area contributed by atoms with Crippen molar-refractivity contribution in [3.63, 3.8) is 0 Å². The topological polar surface area (TPSA) is 68.0 Å². The van der Waals surface area contributed by atoms with Crippen LogP contribution in [-0.2, 0) is 7.05 Å². The van der Waals surface area contributed by atoms with Gasteiger partial charge in [-0.1, -0.05) is 0 Å². The molecule has 3 rings (SSSR count). The molecule has 1 N–H and O–H groups in total. The van der Waals surface area contributed by atoms with Gasteiger partial charge in [0.15, 0.2) is 0 Å². The lowest BCUT2D eigenvalue weighted by atomic mass is 10.1. The Balaban J connectivity index is 2.43. The van der Waals surface area contributed by atoms with E-state index in [4.69, 9.17) is 0 Å². The molecule has 0 fully saturated rings. The number of thiophene rings is 1. The van der Waals surface area contributed by atoms with Crippen LogP contribution in [0.1, 0.15) is 0 Å². The number of hydrogen-bond acceptors (Lipinski definition) is 5. The second-order valence-electron chi connectivity index (χ2n) is 3.84. The van der Waals surface area contributed by atoms with Gasteiger partial charge in [0.25, 0.3) is 5.56 Å². The highest BCUT2D eigenvalue weighted by Gasteiger charge is 2.15. The molecule has 0 aliphatic carbocycles. The van der Waals surface area contributed by atoms with Crippen LogP contribution in [0.15, 0.2) is 34.7 Å². The lowest BCUT2D eigenvalue weighted by Crippen LogP contribution is -2.18. The molecule has 0 amide bonds. The third kappa shape index (κ3) is 1.50. The van der Waals surface area contributed by atoms with Crippen molar-refractivity contribution in [1.29, 1.82) is 0 Å². The lowest BCUT2D eigenvalue weighted by molar-refractivity contribution is 0.439. The van der Waals surface area contributed by atoms with E-state index >= 15 is 0 Å². The minimum Gasteiger partial charge on any atom is -0.491 e. The summed E-state index contributed by atoms with van der Waals surface area (Å²) < 4.78 is 1.67. The van der Waals surface area contributed by atoms with E-state index in [0.717, 1.165) is 15.8 Å². The van der Waals surface area contributed by atoms with Gasteiger partial charge in [0.1, 0.15) is 4.70 Å². The van der Waals surface area contributed by atoms with Crippen LogP contribution in [0.2, 0.25) is 0 Å². The quantitative estimate of drug-likeness (QED) is 0.723. The molecule has 3 aromatic rings. The summed E-state index contributed by atoms with van der Waals surface area (Å²) in [5.41, 5.74) is 1.49. The van der Waals surface area contributed by atoms with Crippen LogP contribution < -0.4 is 5.56 Å². The lowest BCUT2D eigenvalue weighted by Gasteiger charge is -2.01. The number of nitrogens with zero attached hydrogens (tertiary/aromatic N) is 3. The van der Waals surface area contributed by atoms with Crippen LogP contribution in [0.3, 0.4) is 0 Å². The molecule has 0 aromatic carbocycles. The number of aromatic nitrogens is 3. The number of aryl methyl sites for hydroxylation is 1. The van der Waals surface area contributed by atoms with E-state index in [0.29, 0.717) is 10.1 Å². The van der Waals surface area contributed by atoms with Gasteiger partial charge in [0.05, 0.1) is 5.39 Å². The molecule has 0 atom stereocenters. The summed E-state index contributed by atoms with van der Waals surface area (Å²) in [5.74, 6) is -0.114. The van der Waals surface area contributed by atoms with Crippen molar-refractivity contribution in [2.75, 3.05) is 0 Å². The number of pyridine rings is 1. The smallest absolute Gasteiger partial charge is 0.276 e. The van der Waals surface area contributed by atoms with Crippen LogP contribution in [0.25, 0.3) is 21.2 Å². The average molecular weight is 259 g/mol. The van der Waals surface area contributed by atoms with Gasteiger partial charge in [-0.05, 0) is 17.7 Å². The molecule has 0 unspecified atom stereocenters. The van der Waals surface area contributed by atoms with Gasteiger partial charge in [0.2, 0.25) is 5.88 Å². The molecule has 0 aliphatic heterocycles. The van der Waals surface area contributed by atoms with Gasteiger partial charge in [-0.2, -0.15) is 0 Å². The maximum atomic E-state index is 12.1. The van der Waals surface area contributed by atoms with E-state index in [9.17, 15) is 9.90 Å². The van der Waals surface area contributed by atoms with Crippen molar-refractivity contribution in [2.45, 2.75) is 0 Å². The monoisotopic (exact) mass is 259 g/mol. The molecule has 0 saturated carbocycles. The van der Waals surface area contributed by atoms with E-state index < -0.39 is 0 Å². The van der Waals surface area contributed by atoms with Crippen LogP contribution in [-0.4, -0.2) is 19.9 Å². The summed E-state index contributed by atoms with van der Waals surface area (Å²) in [6.07, 6.45) is 3.34. The van der Waals surface area contributed by atoms with E-state index in [1.807, 2.05) is 17.5 Å². The molecule has 5 nitrogen and oxygen atoms in total. The Morgan fingerprint density at radius 1 is 1.33 bits per heavy atom. The van der Waals surface area contributed by atoms with Crippen LogP contribution in [0.4, 0.5) is 0 Å². The average Bonchev–Trinajstić information content (AvgIpc) is 2.82. The van der Waals surface area contributed by atoms with Gasteiger partial charge < -0.3 is 5.11 Å². The molecule has 0 radical (unpaired) electrons. The van der Waals surface area contributed by atoms with E-state index in [-0.39, 0.29) is 11.4 Å². The van der Waals surface area contributed by atoms with Gasteiger partial charge >= 0.3 is 0 Å². The minimum absolute atomic E-state index is 0.114. The standard InChI is InChI=1S/C12H9N3O2S/c1-15-12(17)9-8(7-2-4-13-5-3-7)6-18-10(9)11(16)14-15/h2-6H,1H3,(H,14,16). The first kappa shape index (κ1) is 10.9. The van der Waals surface area contributed by atoms with Gasteiger partial charge in [-0.25, -0.2) is 4.68 Å². The molecule has 90 valence electrons. The summed E-state index contributed by atoms with van der Waals surface area (Å²) in [6, 6.07) is 3.66. The second kappa shape index (κ2) is 3.92. The largest absolute Gasteiger partial charge is 0.491 e. The third-order valence-corrected chi connectivity index (χ3v) is 3.71. The molecule has 0 saturated heterocycles. The van der Waals surface area contributed by atoms with E-state index in [1.165, 1.54) is 18.4 Å². The predicted molar refractivity (Wildman–Crippen MR) is 69.8 cm³/mol. The van der Waals surface area contributed by atoms with Crippen molar-refractivity contribution < 1.29 is 5.11 Å². The number of rotatable bonds is 1. The summed E-state index contributed by atoms with van der Waals surface area (Å²) >= 11 is 1.31. The van der Waals surface area contributed by atoms with Crippen molar-refractivity contribution in [2.24, 2.45) is 7.05 Å². The second-order valence-corrected chi connectivity index (χ2v) is 4.72. The Labute approximate surface area is 106 Å². The van der Waals surface area contributed by atoms with Gasteiger partial charge in [-0.15, -0.1) is 16.4 Å². The summed E-state index contributed by atoms with van der Waals surface area (Å²) in [6.45, 7) is 0. The van der Waals surface area contributed by atoms with Crippen molar-refractivity contribution in [3.05, 3.63) is 40.3 Å². The van der Waals surface area contributed by atoms with Crippen LogP contribution in [0, 0.1) is 0 Å². The molecule has 3 aromatic heterocycles. The highest BCUT2D eigenvalue weighted by Crippen LogP contribution is 2.34. The normalized spacial score (nSPS) is 10.9. The first-order chi connectivity index (χ1) is 8.68. The molecule has 6 heteroatoms. The van der Waals surface area contributed by atoms with Crippen molar-refractivity contribution >= 4 is 21.4 Å². The summed E-state index contributed by atoms with van der Waals surface area (Å²) in [7, 11) is 1.52. The molecular weight excluding hydrogens is 250 g/mol. The Bertz CT molecular complexity index is 777. The van der Waals surface area contributed by atoms with Crippen molar-refractivity contribution in [1.82, 2.24) is 14.8 Å². The first-order valence-electron chi connectivity index (χ1n) is 5.26. The molecule has 0 bridgehead atoms. The van der Waals surface area contributed by atoms with Crippen LogP contribution >= 0.6 is 11.3 Å². The maximum absolute atomic E-state index is 12.1. The number of hydrogen-bond donors (Lipinski definition) is 1. The zero-order valence-corrected chi connectivity index (χ0v) is 10.3. The zero-order chi connectivity index (χ0) is 12.7. The molecule has 18 heavy (non-hydrogen) atoms. The van der Waals surface area contributed by atoms with Crippen molar-refractivity contribution in [3.8, 4) is 17.0 Å². The van der Waals surface area contributed by atoms with Gasteiger partial charge in [-0.3, -0.25) is 9.78 Å². The molecule has 3 heterocycles. The summed E-state index contributed by atoms with van der Waals surface area (Å²) in [4.78, 5) is 16.1. The highest BCUT2D eigenvalue weighted by molar-refractivity contribution is 7.18. The predicted octanol–water partition coefficient (Wildman–Crippen LogP) is 1.76.